The smallest absolute Gasteiger partial charge is 0.265 e. The Balaban J connectivity index is 1.48. The number of rotatable bonds is 4. The number of fused-ring (bicyclic) bond motifs is 1. The number of anilines is 1. The first-order valence-corrected chi connectivity index (χ1v) is 10.4. The minimum Gasteiger partial charge on any atom is -0.265 e. The third kappa shape index (κ3) is 4.37. The maximum Gasteiger partial charge on any atom is 0.433 e. The van der Waals surface area contributed by atoms with E-state index in [-0.39, 0.29) is 0 Å². The molecule has 1 N–H and O–H groups in total. The summed E-state index contributed by atoms with van der Waals surface area (Å²) in [6, 6.07) is 13.7. The number of nitrogens with zero attached hydrogens (tertiary/aromatic N) is 5. The third-order valence-corrected chi connectivity index (χ3v) is 5.50. The van der Waals surface area contributed by atoms with Crippen LogP contribution in [0.3, 0.4) is 0 Å². The molecule has 166 valence electrons. The maximum atomic E-state index is 12.8. The van der Waals surface area contributed by atoms with Gasteiger partial charge in [-0.3, -0.25) is 9.97 Å². The Labute approximate surface area is 192 Å². The summed E-state index contributed by atoms with van der Waals surface area (Å²) in [5.74, 6) is 0.820. The van der Waals surface area contributed by atoms with Crippen LogP contribution in [0.4, 0.5) is 19.0 Å². The molecule has 0 saturated carbocycles. The summed E-state index contributed by atoms with van der Waals surface area (Å²) in [7, 11) is 0. The van der Waals surface area contributed by atoms with E-state index < -0.39 is 11.9 Å². The van der Waals surface area contributed by atoms with Gasteiger partial charge in [0.05, 0.1) is 12.1 Å². The molecule has 0 unspecified atom stereocenters. The quantitative estimate of drug-likeness (QED) is 0.428. The molecule has 10 heteroatoms. The highest BCUT2D eigenvalue weighted by Gasteiger charge is 2.33. The van der Waals surface area contributed by atoms with E-state index in [0.717, 1.165) is 34.3 Å². The fourth-order valence-electron chi connectivity index (χ4n) is 3.72. The van der Waals surface area contributed by atoms with E-state index in [2.05, 4.69) is 15.4 Å². The zero-order valence-electron chi connectivity index (χ0n) is 17.1. The molecular weight excluding hydrogens is 453 g/mol. The molecule has 3 aromatic heterocycles. The van der Waals surface area contributed by atoms with Crippen molar-refractivity contribution < 1.29 is 17.7 Å². The van der Waals surface area contributed by atoms with Crippen molar-refractivity contribution in [3.8, 4) is 22.4 Å². The molecule has 0 atom stereocenters. The van der Waals surface area contributed by atoms with Gasteiger partial charge >= 0.3 is 6.18 Å². The number of halogens is 4. The molecule has 0 spiro atoms. The number of alkyl halides is 3. The Hall–Kier alpha value is -3.56. The molecule has 4 heterocycles. The van der Waals surface area contributed by atoms with Crippen LogP contribution in [0.2, 0.25) is 5.02 Å². The third-order valence-electron chi connectivity index (χ3n) is 5.25. The zero-order valence-corrected chi connectivity index (χ0v) is 17.8. The SMILES string of the molecule is FC(F)(F)c1ccc(CN2C[n+]3cnc(-c4ccc(Cl)cc4)c(-c4ccncc4)c3N2)cn1. The number of hydrazine groups is 1. The molecule has 0 saturated heterocycles. The lowest BCUT2D eigenvalue weighted by Gasteiger charge is -2.12. The molecule has 0 bridgehead atoms. The van der Waals surface area contributed by atoms with Gasteiger partial charge in [-0.15, -0.1) is 9.99 Å². The molecular formula is C23H17ClF3N6+. The van der Waals surface area contributed by atoms with Crippen molar-refractivity contribution in [1.29, 1.82) is 0 Å². The number of benzene rings is 1. The number of hydrogen-bond acceptors (Lipinski definition) is 5. The first-order chi connectivity index (χ1) is 15.9. The normalized spacial score (nSPS) is 13.6. The van der Waals surface area contributed by atoms with Gasteiger partial charge < -0.3 is 0 Å². The van der Waals surface area contributed by atoms with Crippen LogP contribution in [0.25, 0.3) is 22.4 Å². The van der Waals surface area contributed by atoms with Gasteiger partial charge in [-0.2, -0.15) is 13.2 Å². The molecule has 0 amide bonds. The summed E-state index contributed by atoms with van der Waals surface area (Å²) in [5, 5.41) is 2.52. The second-order valence-corrected chi connectivity index (χ2v) is 7.97. The Bertz CT molecular complexity index is 1280. The van der Waals surface area contributed by atoms with Crippen molar-refractivity contribution in [2.45, 2.75) is 19.4 Å². The van der Waals surface area contributed by atoms with Crippen molar-refractivity contribution in [3.63, 3.8) is 0 Å². The molecule has 33 heavy (non-hydrogen) atoms. The molecule has 5 rings (SSSR count). The van der Waals surface area contributed by atoms with Crippen molar-refractivity contribution in [1.82, 2.24) is 20.0 Å². The average Bonchev–Trinajstić information content (AvgIpc) is 3.22. The predicted molar refractivity (Wildman–Crippen MR) is 117 cm³/mol. The molecule has 1 aliphatic rings. The van der Waals surface area contributed by atoms with Crippen molar-refractivity contribution in [3.05, 3.63) is 89.7 Å². The van der Waals surface area contributed by atoms with Gasteiger partial charge in [0, 0.05) is 29.2 Å². The highest BCUT2D eigenvalue weighted by molar-refractivity contribution is 6.30. The number of nitrogens with one attached hydrogen (secondary N) is 1. The summed E-state index contributed by atoms with van der Waals surface area (Å²) in [5.41, 5.74) is 6.61. The molecule has 4 aromatic rings. The Morgan fingerprint density at radius 1 is 0.970 bits per heavy atom. The zero-order chi connectivity index (χ0) is 23.0. The van der Waals surface area contributed by atoms with Gasteiger partial charge in [-0.1, -0.05) is 17.7 Å². The Morgan fingerprint density at radius 3 is 2.39 bits per heavy atom. The Morgan fingerprint density at radius 2 is 1.73 bits per heavy atom. The summed E-state index contributed by atoms with van der Waals surface area (Å²) < 4.78 is 40.4. The fourth-order valence-corrected chi connectivity index (χ4v) is 3.84. The minimum atomic E-state index is -4.46. The van der Waals surface area contributed by atoms with Gasteiger partial charge in [0.2, 0.25) is 6.33 Å². The lowest BCUT2D eigenvalue weighted by Crippen LogP contribution is -2.35. The first-order valence-electron chi connectivity index (χ1n) is 10.0. The summed E-state index contributed by atoms with van der Waals surface area (Å²) in [4.78, 5) is 12.4. The predicted octanol–water partition coefficient (Wildman–Crippen LogP) is 4.97. The number of aromatic nitrogens is 4. The molecule has 0 aliphatic carbocycles. The van der Waals surface area contributed by atoms with Gasteiger partial charge in [-0.25, -0.2) is 9.99 Å². The van der Waals surface area contributed by atoms with E-state index in [1.165, 1.54) is 12.3 Å². The average molecular weight is 470 g/mol. The van der Waals surface area contributed by atoms with E-state index >= 15 is 0 Å². The highest BCUT2D eigenvalue weighted by Crippen LogP contribution is 2.36. The minimum absolute atomic E-state index is 0.360. The van der Waals surface area contributed by atoms with Crippen LogP contribution in [-0.4, -0.2) is 20.0 Å². The topological polar surface area (TPSA) is 57.8 Å². The second kappa shape index (κ2) is 8.42. The highest BCUT2D eigenvalue weighted by atomic mass is 35.5. The van der Waals surface area contributed by atoms with Crippen LogP contribution < -0.4 is 9.99 Å². The van der Waals surface area contributed by atoms with E-state index in [9.17, 15) is 13.2 Å². The summed E-state index contributed by atoms with van der Waals surface area (Å²) in [6.45, 7) is 0.821. The van der Waals surface area contributed by atoms with Crippen LogP contribution in [0.15, 0.2) is 73.4 Å². The molecule has 0 fully saturated rings. The van der Waals surface area contributed by atoms with Gasteiger partial charge in [0.15, 0.2) is 12.4 Å². The molecule has 1 aliphatic heterocycles. The van der Waals surface area contributed by atoms with Gasteiger partial charge in [-0.05, 0) is 53.6 Å². The van der Waals surface area contributed by atoms with Crippen LogP contribution in [-0.2, 0) is 19.4 Å². The van der Waals surface area contributed by atoms with Crippen LogP contribution >= 0.6 is 11.6 Å². The lowest BCUT2D eigenvalue weighted by atomic mass is 10.0. The lowest BCUT2D eigenvalue weighted by molar-refractivity contribution is -0.689. The number of pyridine rings is 2. The van der Waals surface area contributed by atoms with Crippen molar-refractivity contribution in [2.75, 3.05) is 5.43 Å². The van der Waals surface area contributed by atoms with Crippen molar-refractivity contribution >= 4 is 17.4 Å². The van der Waals surface area contributed by atoms with E-state index in [1.807, 2.05) is 46.0 Å². The molecule has 6 nitrogen and oxygen atoms in total. The number of hydrogen-bond donors (Lipinski definition) is 1. The summed E-state index contributed by atoms with van der Waals surface area (Å²) >= 11 is 6.06. The first kappa shape index (κ1) is 21.3. The van der Waals surface area contributed by atoms with E-state index in [0.29, 0.717) is 23.8 Å². The van der Waals surface area contributed by atoms with E-state index in [1.54, 1.807) is 18.7 Å². The molecule has 0 radical (unpaired) electrons. The maximum absolute atomic E-state index is 12.8. The standard InChI is InChI=1S/C23H16ClF3N6/c24-18-4-2-17(3-5-18)21-20(16-7-9-28-10-8-16)22-31-33(14-32(22)13-30-21)12-15-1-6-19(29-11-15)23(25,26)27/h1-11,13H,12,14H2/p+1. The largest absolute Gasteiger partial charge is 0.433 e. The van der Waals surface area contributed by atoms with Crippen LogP contribution in [0, 0.1) is 0 Å². The van der Waals surface area contributed by atoms with Gasteiger partial charge in [0.1, 0.15) is 5.69 Å². The van der Waals surface area contributed by atoms with Crippen molar-refractivity contribution in [2.24, 2.45) is 0 Å². The second-order valence-electron chi connectivity index (χ2n) is 7.53. The van der Waals surface area contributed by atoms with E-state index in [4.69, 9.17) is 16.6 Å². The Kier molecular flexibility index (Phi) is 5.43. The van der Waals surface area contributed by atoms with Crippen LogP contribution in [0.1, 0.15) is 11.3 Å². The monoisotopic (exact) mass is 469 g/mol. The van der Waals surface area contributed by atoms with Crippen LogP contribution in [0.5, 0.6) is 0 Å². The van der Waals surface area contributed by atoms with Gasteiger partial charge in [0.25, 0.3) is 5.82 Å². The fraction of sp³-hybridized carbons (Fsp3) is 0.130. The summed E-state index contributed by atoms with van der Waals surface area (Å²) in [6.07, 6.45) is 1.96. The molecule has 1 aromatic carbocycles.